The van der Waals surface area contributed by atoms with E-state index in [0.717, 1.165) is 5.69 Å². The van der Waals surface area contributed by atoms with Gasteiger partial charge in [-0.15, -0.1) is 0 Å². The molecule has 3 rings (SSSR count). The Bertz CT molecular complexity index is 853. The number of aromatic nitrogens is 2. The number of nitrogens with zero attached hydrogens (tertiary/aromatic N) is 2. The number of fused-ring (bicyclic) bond motifs is 1. The molecule has 1 aromatic heterocycles. The number of aromatic amines is 1. The summed E-state index contributed by atoms with van der Waals surface area (Å²) >= 11 is 0. The molecule has 0 spiro atoms. The number of rotatable bonds is 3. The number of anilines is 1. The zero-order valence-electron chi connectivity index (χ0n) is 11.5. The first-order chi connectivity index (χ1) is 10.2. The quantitative estimate of drug-likeness (QED) is 0.571. The van der Waals surface area contributed by atoms with Crippen LogP contribution in [0.25, 0.3) is 10.9 Å². The summed E-state index contributed by atoms with van der Waals surface area (Å²) in [5.74, 6) is 0.460. The number of hydrogen-bond acceptors (Lipinski definition) is 4. The minimum absolute atomic E-state index is 0.162. The van der Waals surface area contributed by atoms with Gasteiger partial charge in [-0.25, -0.2) is 4.98 Å². The number of hydrazone groups is 1. The van der Waals surface area contributed by atoms with E-state index in [0.29, 0.717) is 22.4 Å². The molecule has 5 heteroatoms. The normalized spacial score (nSPS) is 11.6. The van der Waals surface area contributed by atoms with Crippen molar-refractivity contribution in [2.75, 3.05) is 5.43 Å². The van der Waals surface area contributed by atoms with Gasteiger partial charge in [0.25, 0.3) is 5.56 Å². The van der Waals surface area contributed by atoms with Crippen molar-refractivity contribution in [2.45, 2.75) is 6.92 Å². The molecule has 0 aliphatic heterocycles. The van der Waals surface area contributed by atoms with Crippen LogP contribution in [0.5, 0.6) is 0 Å². The molecule has 5 nitrogen and oxygen atoms in total. The largest absolute Gasteiger partial charge is 0.305 e. The fraction of sp³-hybridized carbons (Fsp3) is 0.0625. The first kappa shape index (κ1) is 13.1. The van der Waals surface area contributed by atoms with Crippen molar-refractivity contribution in [2.24, 2.45) is 5.10 Å². The average molecular weight is 278 g/mol. The summed E-state index contributed by atoms with van der Waals surface area (Å²) in [6.45, 7) is 1.79. The Labute approximate surface area is 121 Å². The van der Waals surface area contributed by atoms with Gasteiger partial charge in [0.1, 0.15) is 5.71 Å². The first-order valence-corrected chi connectivity index (χ1v) is 6.59. The van der Waals surface area contributed by atoms with Crippen LogP contribution in [-0.4, -0.2) is 15.7 Å². The van der Waals surface area contributed by atoms with Crippen LogP contribution in [0.4, 0.5) is 5.69 Å². The minimum atomic E-state index is -0.162. The molecule has 0 amide bonds. The summed E-state index contributed by atoms with van der Waals surface area (Å²) in [5.41, 5.74) is 4.92. The van der Waals surface area contributed by atoms with Crippen molar-refractivity contribution in [3.63, 3.8) is 0 Å². The molecule has 3 aromatic rings. The summed E-state index contributed by atoms with van der Waals surface area (Å²) in [7, 11) is 0. The fourth-order valence-electron chi connectivity index (χ4n) is 1.97. The van der Waals surface area contributed by atoms with Crippen LogP contribution >= 0.6 is 0 Å². The Morgan fingerprint density at radius 2 is 1.81 bits per heavy atom. The van der Waals surface area contributed by atoms with E-state index in [4.69, 9.17) is 0 Å². The molecule has 104 valence electrons. The molecule has 2 aromatic carbocycles. The lowest BCUT2D eigenvalue weighted by atomic mass is 10.2. The second kappa shape index (κ2) is 5.58. The van der Waals surface area contributed by atoms with Gasteiger partial charge in [0.15, 0.2) is 5.82 Å². The monoisotopic (exact) mass is 278 g/mol. The lowest BCUT2D eigenvalue weighted by molar-refractivity contribution is 1.12. The Morgan fingerprint density at radius 3 is 2.62 bits per heavy atom. The number of hydrogen-bond donors (Lipinski definition) is 2. The maximum absolute atomic E-state index is 12.0. The second-order valence-corrected chi connectivity index (χ2v) is 4.61. The predicted molar refractivity (Wildman–Crippen MR) is 84.6 cm³/mol. The Morgan fingerprint density at radius 1 is 1.10 bits per heavy atom. The third-order valence-corrected chi connectivity index (χ3v) is 3.08. The molecular formula is C16H14N4O. The second-order valence-electron chi connectivity index (χ2n) is 4.61. The van der Waals surface area contributed by atoms with Gasteiger partial charge in [0.2, 0.25) is 0 Å². The molecule has 2 N–H and O–H groups in total. The average Bonchev–Trinajstić information content (AvgIpc) is 2.53. The van der Waals surface area contributed by atoms with Crippen molar-refractivity contribution < 1.29 is 0 Å². The molecule has 0 aliphatic carbocycles. The smallest absolute Gasteiger partial charge is 0.259 e. The minimum Gasteiger partial charge on any atom is -0.305 e. The number of H-pyrrole nitrogens is 1. The van der Waals surface area contributed by atoms with Gasteiger partial charge in [0.05, 0.1) is 16.6 Å². The van der Waals surface area contributed by atoms with Gasteiger partial charge < -0.3 is 4.98 Å². The summed E-state index contributed by atoms with van der Waals surface area (Å²) < 4.78 is 0. The van der Waals surface area contributed by atoms with E-state index in [1.54, 1.807) is 13.0 Å². The van der Waals surface area contributed by atoms with E-state index in [1.807, 2.05) is 48.5 Å². The molecule has 1 heterocycles. The molecule has 21 heavy (non-hydrogen) atoms. The molecule has 0 aliphatic rings. The van der Waals surface area contributed by atoms with Crippen molar-refractivity contribution in [1.29, 1.82) is 0 Å². The number of para-hydroxylation sites is 2. The van der Waals surface area contributed by atoms with E-state index in [2.05, 4.69) is 20.5 Å². The number of nitrogens with one attached hydrogen (secondary N) is 2. The zero-order valence-corrected chi connectivity index (χ0v) is 11.5. The zero-order chi connectivity index (χ0) is 14.7. The number of benzene rings is 2. The Hall–Kier alpha value is -2.95. The Balaban J connectivity index is 1.94. The highest BCUT2D eigenvalue weighted by Gasteiger charge is 2.05. The van der Waals surface area contributed by atoms with Crippen molar-refractivity contribution in [3.05, 3.63) is 70.8 Å². The predicted octanol–water partition coefficient (Wildman–Crippen LogP) is 2.76. The van der Waals surface area contributed by atoms with E-state index < -0.39 is 0 Å². The van der Waals surface area contributed by atoms with E-state index in [9.17, 15) is 4.79 Å². The standard InChI is InChI=1S/C16H14N4O/c1-11(19-20-12-7-3-2-4-8-12)15-17-14-10-6-5-9-13(14)16(21)18-15/h2-10,20H,1H3,(H,17,18,21)/b19-11+. The molecule has 0 radical (unpaired) electrons. The SMILES string of the molecule is C/C(=N\Nc1ccccc1)c1nc2ccccc2c(=O)[nH]1. The maximum atomic E-state index is 12.0. The highest BCUT2D eigenvalue weighted by atomic mass is 16.1. The van der Waals surface area contributed by atoms with E-state index in [-0.39, 0.29) is 5.56 Å². The topological polar surface area (TPSA) is 70.1 Å². The van der Waals surface area contributed by atoms with Crippen LogP contribution in [0.2, 0.25) is 0 Å². The van der Waals surface area contributed by atoms with Gasteiger partial charge in [-0.2, -0.15) is 5.10 Å². The maximum Gasteiger partial charge on any atom is 0.259 e. The van der Waals surface area contributed by atoms with Gasteiger partial charge >= 0.3 is 0 Å². The molecular weight excluding hydrogens is 264 g/mol. The lowest BCUT2D eigenvalue weighted by Gasteiger charge is -2.04. The van der Waals surface area contributed by atoms with E-state index >= 15 is 0 Å². The van der Waals surface area contributed by atoms with Crippen LogP contribution in [0.15, 0.2) is 64.5 Å². The highest BCUT2D eigenvalue weighted by Crippen LogP contribution is 2.07. The Kier molecular flexibility index (Phi) is 3.47. The molecule has 0 bridgehead atoms. The molecule has 0 saturated heterocycles. The van der Waals surface area contributed by atoms with Crippen LogP contribution in [-0.2, 0) is 0 Å². The van der Waals surface area contributed by atoms with Crippen LogP contribution < -0.4 is 11.0 Å². The van der Waals surface area contributed by atoms with Crippen molar-refractivity contribution in [1.82, 2.24) is 9.97 Å². The van der Waals surface area contributed by atoms with Crippen LogP contribution in [0.3, 0.4) is 0 Å². The molecule has 0 atom stereocenters. The third kappa shape index (κ3) is 2.81. The molecule has 0 saturated carbocycles. The third-order valence-electron chi connectivity index (χ3n) is 3.08. The summed E-state index contributed by atoms with van der Waals surface area (Å²) in [6, 6.07) is 16.8. The van der Waals surface area contributed by atoms with Gasteiger partial charge in [-0.05, 0) is 31.2 Å². The summed E-state index contributed by atoms with van der Waals surface area (Å²) in [5, 5.41) is 4.82. The molecule has 0 unspecified atom stereocenters. The summed E-state index contributed by atoms with van der Waals surface area (Å²) in [4.78, 5) is 19.2. The van der Waals surface area contributed by atoms with Gasteiger partial charge in [0, 0.05) is 0 Å². The van der Waals surface area contributed by atoms with Crippen molar-refractivity contribution in [3.8, 4) is 0 Å². The molecule has 0 fully saturated rings. The van der Waals surface area contributed by atoms with Crippen LogP contribution in [0.1, 0.15) is 12.7 Å². The fourth-order valence-corrected chi connectivity index (χ4v) is 1.97. The van der Waals surface area contributed by atoms with Crippen molar-refractivity contribution >= 4 is 22.3 Å². The van der Waals surface area contributed by atoms with Crippen LogP contribution in [0, 0.1) is 0 Å². The van der Waals surface area contributed by atoms with Gasteiger partial charge in [-0.1, -0.05) is 30.3 Å². The summed E-state index contributed by atoms with van der Waals surface area (Å²) in [6.07, 6.45) is 0. The first-order valence-electron chi connectivity index (χ1n) is 6.59. The highest BCUT2D eigenvalue weighted by molar-refractivity contribution is 5.97. The van der Waals surface area contributed by atoms with E-state index in [1.165, 1.54) is 0 Å². The lowest BCUT2D eigenvalue weighted by Crippen LogP contribution is -2.15. The van der Waals surface area contributed by atoms with Gasteiger partial charge in [-0.3, -0.25) is 10.2 Å².